The topological polar surface area (TPSA) is 56.4 Å². The van der Waals surface area contributed by atoms with Crippen molar-refractivity contribution >= 4 is 16.8 Å². The molecule has 0 spiro atoms. The van der Waals surface area contributed by atoms with Crippen LogP contribution in [0.4, 0.5) is 8.78 Å². The van der Waals surface area contributed by atoms with Crippen molar-refractivity contribution in [2.45, 2.75) is 38.4 Å². The second-order valence-corrected chi connectivity index (χ2v) is 8.52. The second kappa shape index (κ2) is 7.57. The van der Waals surface area contributed by atoms with Gasteiger partial charge in [-0.3, -0.25) is 14.5 Å². The molecule has 3 heterocycles. The van der Waals surface area contributed by atoms with E-state index in [1.165, 1.54) is 11.6 Å². The molecule has 1 N–H and O–H groups in total. The average Bonchev–Trinajstić information content (AvgIpc) is 3.35. The summed E-state index contributed by atoms with van der Waals surface area (Å²) < 4.78 is 28.1. The number of aromatic nitrogens is 1. The van der Waals surface area contributed by atoms with Crippen molar-refractivity contribution in [1.82, 2.24) is 14.8 Å². The van der Waals surface area contributed by atoms with E-state index in [2.05, 4.69) is 22.0 Å². The molecule has 1 unspecified atom stereocenters. The lowest BCUT2D eigenvalue weighted by atomic mass is 10.0. The molecule has 0 radical (unpaired) electrons. The van der Waals surface area contributed by atoms with Gasteiger partial charge < -0.3 is 9.88 Å². The lowest BCUT2D eigenvalue weighted by molar-refractivity contribution is -0.132. The Bertz CT molecular complexity index is 1220. The number of benzene rings is 2. The van der Waals surface area contributed by atoms with Gasteiger partial charge in [0.05, 0.1) is 11.9 Å². The Morgan fingerprint density at radius 2 is 1.87 bits per heavy atom. The summed E-state index contributed by atoms with van der Waals surface area (Å²) in [6.07, 6.45) is 0.806. The quantitative estimate of drug-likeness (QED) is 0.702. The van der Waals surface area contributed by atoms with E-state index in [9.17, 15) is 18.4 Å². The van der Waals surface area contributed by atoms with Gasteiger partial charge in [-0.1, -0.05) is 30.3 Å². The Morgan fingerprint density at radius 1 is 1.10 bits per heavy atom. The van der Waals surface area contributed by atoms with Crippen LogP contribution in [0.25, 0.3) is 10.9 Å². The molecule has 5 rings (SSSR count). The number of nitrogens with zero attached hydrogens (tertiary/aromatic N) is 2. The first-order valence-electron chi connectivity index (χ1n) is 10.5. The number of likely N-dealkylation sites (tertiary alicyclic amines) is 2. The van der Waals surface area contributed by atoms with Crippen LogP contribution in [0.3, 0.4) is 0 Å². The number of H-pyrrole nitrogens is 1. The molecule has 160 valence electrons. The predicted molar refractivity (Wildman–Crippen MR) is 114 cm³/mol. The molecular formula is C24H23F2N3O2. The van der Waals surface area contributed by atoms with Crippen LogP contribution < -0.4 is 5.56 Å². The third kappa shape index (κ3) is 3.43. The predicted octanol–water partition coefficient (Wildman–Crippen LogP) is 3.14. The standard InChI is InChI=1S/C24H23F2N3O2/c1-14-18(24(31)27-20-8-7-19(25)23(26)22(14)20)10-21(30)29-13-16-9-17(29)12-28(16)11-15-5-3-2-4-6-15/h2-8,16-17H,9-13H2,1H3,(H,27,31)/t16?,17-/m1/s1. The highest BCUT2D eigenvalue weighted by atomic mass is 19.2. The summed E-state index contributed by atoms with van der Waals surface area (Å²) in [7, 11) is 0. The maximum absolute atomic E-state index is 14.4. The molecular weight excluding hydrogens is 400 g/mol. The van der Waals surface area contributed by atoms with Crippen LogP contribution in [-0.4, -0.2) is 45.9 Å². The molecule has 5 nitrogen and oxygen atoms in total. The van der Waals surface area contributed by atoms with E-state index in [0.717, 1.165) is 25.6 Å². The Labute approximate surface area is 178 Å². The number of piperazine rings is 1. The second-order valence-electron chi connectivity index (χ2n) is 8.52. The zero-order chi connectivity index (χ0) is 21.7. The molecule has 2 atom stereocenters. The maximum atomic E-state index is 14.4. The van der Waals surface area contributed by atoms with Gasteiger partial charge in [-0.05, 0) is 36.6 Å². The number of rotatable bonds is 4. The number of aromatic amines is 1. The number of fused-ring (bicyclic) bond motifs is 3. The molecule has 0 saturated carbocycles. The number of nitrogens with one attached hydrogen (secondary N) is 1. The van der Waals surface area contributed by atoms with Crippen molar-refractivity contribution in [2.24, 2.45) is 0 Å². The van der Waals surface area contributed by atoms with Crippen LogP contribution >= 0.6 is 0 Å². The molecule has 2 aliphatic heterocycles. The lowest BCUT2D eigenvalue weighted by Crippen LogP contribution is -2.49. The van der Waals surface area contributed by atoms with E-state index in [1.807, 2.05) is 23.1 Å². The van der Waals surface area contributed by atoms with Crippen LogP contribution in [0.5, 0.6) is 0 Å². The summed E-state index contributed by atoms with van der Waals surface area (Å²) in [5.41, 5.74) is 1.57. The van der Waals surface area contributed by atoms with Crippen LogP contribution in [0.15, 0.2) is 47.3 Å². The smallest absolute Gasteiger partial charge is 0.252 e. The Kier molecular flexibility index (Phi) is 4.85. The van der Waals surface area contributed by atoms with Gasteiger partial charge in [0.2, 0.25) is 5.91 Å². The fourth-order valence-electron chi connectivity index (χ4n) is 5.07. The third-order valence-electron chi connectivity index (χ3n) is 6.68. The van der Waals surface area contributed by atoms with Gasteiger partial charge in [0, 0.05) is 42.7 Å². The highest BCUT2D eigenvalue weighted by Gasteiger charge is 2.44. The Morgan fingerprint density at radius 3 is 2.58 bits per heavy atom. The summed E-state index contributed by atoms with van der Waals surface area (Å²) in [5.74, 6) is -2.12. The zero-order valence-corrected chi connectivity index (χ0v) is 17.2. The van der Waals surface area contributed by atoms with Crippen LogP contribution in [0.1, 0.15) is 23.1 Å². The van der Waals surface area contributed by atoms with Gasteiger partial charge >= 0.3 is 0 Å². The van der Waals surface area contributed by atoms with Crippen molar-refractivity contribution in [3.8, 4) is 0 Å². The molecule has 0 aliphatic carbocycles. The van der Waals surface area contributed by atoms with Crippen molar-refractivity contribution in [1.29, 1.82) is 0 Å². The highest BCUT2D eigenvalue weighted by Crippen LogP contribution is 2.32. The minimum Gasteiger partial charge on any atom is -0.337 e. The number of carbonyl (C=O) groups excluding carboxylic acids is 1. The first kappa shape index (κ1) is 19.9. The van der Waals surface area contributed by atoms with E-state index in [-0.39, 0.29) is 34.8 Å². The Hall–Kier alpha value is -3.06. The van der Waals surface area contributed by atoms with Gasteiger partial charge in [0.15, 0.2) is 11.6 Å². The molecule has 1 amide bonds. The molecule has 3 aromatic rings. The van der Waals surface area contributed by atoms with E-state index in [1.54, 1.807) is 6.92 Å². The first-order valence-corrected chi connectivity index (χ1v) is 10.5. The largest absolute Gasteiger partial charge is 0.337 e. The molecule has 31 heavy (non-hydrogen) atoms. The van der Waals surface area contributed by atoms with Crippen molar-refractivity contribution < 1.29 is 13.6 Å². The number of halogens is 2. The molecule has 7 heteroatoms. The fraction of sp³-hybridized carbons (Fsp3) is 0.333. The summed E-state index contributed by atoms with van der Waals surface area (Å²) in [4.78, 5) is 32.4. The SMILES string of the molecule is Cc1c(CC(=O)N2CC3C[C@@H]2CN3Cc2ccccc2)c(=O)[nH]c2ccc(F)c(F)c12. The Balaban J connectivity index is 1.34. The summed E-state index contributed by atoms with van der Waals surface area (Å²) >= 11 is 0. The average molecular weight is 423 g/mol. The van der Waals surface area contributed by atoms with Gasteiger partial charge in [0.25, 0.3) is 5.56 Å². The van der Waals surface area contributed by atoms with E-state index in [0.29, 0.717) is 18.2 Å². The van der Waals surface area contributed by atoms with Crippen molar-refractivity contribution in [3.05, 3.63) is 81.1 Å². The van der Waals surface area contributed by atoms with Gasteiger partial charge in [-0.25, -0.2) is 8.78 Å². The lowest BCUT2D eigenvalue weighted by Gasteiger charge is -2.34. The van der Waals surface area contributed by atoms with Crippen LogP contribution in [0, 0.1) is 18.6 Å². The van der Waals surface area contributed by atoms with E-state index >= 15 is 0 Å². The number of pyridine rings is 1. The zero-order valence-electron chi connectivity index (χ0n) is 17.2. The molecule has 2 saturated heterocycles. The van der Waals surface area contributed by atoms with Gasteiger partial charge in [-0.2, -0.15) is 0 Å². The van der Waals surface area contributed by atoms with Crippen molar-refractivity contribution in [2.75, 3.05) is 13.1 Å². The van der Waals surface area contributed by atoms with E-state index < -0.39 is 17.2 Å². The molecule has 2 fully saturated rings. The van der Waals surface area contributed by atoms with Crippen LogP contribution in [0.2, 0.25) is 0 Å². The highest BCUT2D eigenvalue weighted by molar-refractivity contribution is 5.86. The number of hydrogen-bond acceptors (Lipinski definition) is 3. The summed E-state index contributed by atoms with van der Waals surface area (Å²) in [6, 6.07) is 13.0. The number of amides is 1. The number of aryl methyl sites for hydroxylation is 1. The minimum atomic E-state index is -1.00. The normalized spacial score (nSPS) is 20.7. The van der Waals surface area contributed by atoms with E-state index in [4.69, 9.17) is 0 Å². The maximum Gasteiger partial charge on any atom is 0.252 e. The molecule has 1 aromatic heterocycles. The summed E-state index contributed by atoms with van der Waals surface area (Å²) in [6.45, 7) is 3.86. The monoisotopic (exact) mass is 423 g/mol. The fourth-order valence-corrected chi connectivity index (χ4v) is 5.07. The minimum absolute atomic E-state index is 0.0272. The molecule has 2 aliphatic rings. The first-order chi connectivity index (χ1) is 14.9. The number of hydrogen-bond donors (Lipinski definition) is 1. The number of carbonyl (C=O) groups is 1. The van der Waals surface area contributed by atoms with Gasteiger partial charge in [0.1, 0.15) is 0 Å². The van der Waals surface area contributed by atoms with Crippen molar-refractivity contribution in [3.63, 3.8) is 0 Å². The van der Waals surface area contributed by atoms with Gasteiger partial charge in [-0.15, -0.1) is 0 Å². The molecule has 2 bridgehead atoms. The van der Waals surface area contributed by atoms with Crippen LogP contribution in [-0.2, 0) is 17.8 Å². The molecule has 2 aromatic carbocycles. The summed E-state index contributed by atoms with van der Waals surface area (Å²) in [5, 5.41) is 0.0272. The third-order valence-corrected chi connectivity index (χ3v) is 6.68.